The van der Waals surface area contributed by atoms with Gasteiger partial charge in [-0.2, -0.15) is 5.10 Å². The zero-order valence-corrected chi connectivity index (χ0v) is 15.8. The van der Waals surface area contributed by atoms with Gasteiger partial charge >= 0.3 is 0 Å². The molecule has 0 aliphatic heterocycles. The molecule has 1 aromatic carbocycles. The van der Waals surface area contributed by atoms with Gasteiger partial charge in [-0.05, 0) is 37.2 Å². The molecule has 1 amide bonds. The standard InChI is InChI=1S/C19H22N4O4/c1-12-9-13(2)23(21-12)16-7-5-14(10-17(16)25-3)20-18(24)8-6-15-11-19(26-4)22-27-15/h5,7,9-11H,6,8H2,1-4H3,(H,20,24). The molecule has 8 heteroatoms. The largest absolute Gasteiger partial charge is 0.494 e. The SMILES string of the molecule is COc1cc(CCC(=O)Nc2ccc(-n3nc(C)cc3C)c(OC)c2)on1. The van der Waals surface area contributed by atoms with Crippen molar-refractivity contribution in [3.8, 4) is 17.3 Å². The number of ether oxygens (including phenoxy) is 2. The van der Waals surface area contributed by atoms with E-state index in [2.05, 4.69) is 15.6 Å². The number of nitrogens with one attached hydrogen (secondary N) is 1. The van der Waals surface area contributed by atoms with Crippen LogP contribution in [-0.4, -0.2) is 35.1 Å². The van der Waals surface area contributed by atoms with E-state index in [0.29, 0.717) is 29.5 Å². The lowest BCUT2D eigenvalue weighted by Crippen LogP contribution is -2.12. The Morgan fingerprint density at radius 3 is 2.63 bits per heavy atom. The number of hydrogen-bond acceptors (Lipinski definition) is 6. The van der Waals surface area contributed by atoms with Gasteiger partial charge in [0.2, 0.25) is 5.91 Å². The third-order valence-electron chi connectivity index (χ3n) is 4.05. The Morgan fingerprint density at radius 2 is 2.00 bits per heavy atom. The van der Waals surface area contributed by atoms with Crippen molar-refractivity contribution in [1.29, 1.82) is 0 Å². The Morgan fingerprint density at radius 1 is 1.19 bits per heavy atom. The Kier molecular flexibility index (Phi) is 5.44. The highest BCUT2D eigenvalue weighted by Gasteiger charge is 2.13. The maximum absolute atomic E-state index is 12.2. The maximum Gasteiger partial charge on any atom is 0.254 e. The highest BCUT2D eigenvalue weighted by atomic mass is 16.5. The molecule has 0 fully saturated rings. The van der Waals surface area contributed by atoms with Crippen LogP contribution in [0.4, 0.5) is 5.69 Å². The molecule has 0 saturated carbocycles. The average molecular weight is 370 g/mol. The van der Waals surface area contributed by atoms with Gasteiger partial charge in [-0.15, -0.1) is 0 Å². The smallest absolute Gasteiger partial charge is 0.254 e. The Hall–Kier alpha value is -3.29. The number of carbonyl (C=O) groups excluding carboxylic acids is 1. The van der Waals surface area contributed by atoms with Crippen molar-refractivity contribution in [2.24, 2.45) is 0 Å². The Bertz CT molecular complexity index is 945. The minimum absolute atomic E-state index is 0.133. The van der Waals surface area contributed by atoms with E-state index in [1.165, 1.54) is 7.11 Å². The lowest BCUT2D eigenvalue weighted by molar-refractivity contribution is -0.116. The molecule has 0 unspecified atom stereocenters. The second kappa shape index (κ2) is 7.94. The molecule has 2 heterocycles. The molecule has 1 N–H and O–H groups in total. The second-order valence-corrected chi connectivity index (χ2v) is 6.11. The van der Waals surface area contributed by atoms with E-state index in [1.807, 2.05) is 36.7 Å². The third kappa shape index (κ3) is 4.28. The summed E-state index contributed by atoms with van der Waals surface area (Å²) in [5.74, 6) is 1.49. The van der Waals surface area contributed by atoms with E-state index < -0.39 is 0 Å². The van der Waals surface area contributed by atoms with Gasteiger partial charge < -0.3 is 19.3 Å². The number of aromatic nitrogens is 3. The molecule has 3 rings (SSSR count). The van der Waals surface area contributed by atoms with Gasteiger partial charge in [0.25, 0.3) is 5.88 Å². The first-order valence-corrected chi connectivity index (χ1v) is 8.51. The molecule has 27 heavy (non-hydrogen) atoms. The monoisotopic (exact) mass is 370 g/mol. The van der Waals surface area contributed by atoms with Crippen LogP contribution in [0.2, 0.25) is 0 Å². The third-order valence-corrected chi connectivity index (χ3v) is 4.05. The van der Waals surface area contributed by atoms with Crippen LogP contribution in [0.1, 0.15) is 23.6 Å². The second-order valence-electron chi connectivity index (χ2n) is 6.11. The van der Waals surface area contributed by atoms with Crippen LogP contribution in [0.3, 0.4) is 0 Å². The van der Waals surface area contributed by atoms with Crippen molar-refractivity contribution < 1.29 is 18.8 Å². The average Bonchev–Trinajstić information content (AvgIpc) is 3.25. The first-order chi connectivity index (χ1) is 13.0. The summed E-state index contributed by atoms with van der Waals surface area (Å²) in [6, 6.07) is 9.13. The molecule has 3 aromatic rings. The summed E-state index contributed by atoms with van der Waals surface area (Å²) in [5.41, 5.74) is 3.40. The van der Waals surface area contributed by atoms with Crippen molar-refractivity contribution in [3.05, 3.63) is 47.5 Å². The number of anilines is 1. The zero-order chi connectivity index (χ0) is 19.4. The Balaban J connectivity index is 1.68. The molecular weight excluding hydrogens is 348 g/mol. The normalized spacial score (nSPS) is 10.7. The number of rotatable bonds is 7. The number of amides is 1. The molecule has 0 bridgehead atoms. The van der Waals surface area contributed by atoms with E-state index in [9.17, 15) is 4.79 Å². The number of hydrogen-bond donors (Lipinski definition) is 1. The maximum atomic E-state index is 12.2. The summed E-state index contributed by atoms with van der Waals surface area (Å²) in [6.07, 6.45) is 0.697. The first-order valence-electron chi connectivity index (χ1n) is 8.51. The lowest BCUT2D eigenvalue weighted by Gasteiger charge is -2.12. The number of benzene rings is 1. The van der Waals surface area contributed by atoms with E-state index in [0.717, 1.165) is 17.1 Å². The fourth-order valence-electron chi connectivity index (χ4n) is 2.77. The van der Waals surface area contributed by atoms with E-state index in [1.54, 1.807) is 19.2 Å². The molecule has 0 aliphatic rings. The molecule has 8 nitrogen and oxygen atoms in total. The van der Waals surface area contributed by atoms with E-state index >= 15 is 0 Å². The van der Waals surface area contributed by atoms with Crippen LogP contribution in [-0.2, 0) is 11.2 Å². The first kappa shape index (κ1) is 18.5. The summed E-state index contributed by atoms with van der Waals surface area (Å²) in [6.45, 7) is 3.92. The minimum atomic E-state index is -0.133. The number of aryl methyl sites for hydroxylation is 3. The van der Waals surface area contributed by atoms with Crippen molar-refractivity contribution in [3.63, 3.8) is 0 Å². The molecule has 0 atom stereocenters. The van der Waals surface area contributed by atoms with Crippen LogP contribution in [0.15, 0.2) is 34.9 Å². The summed E-state index contributed by atoms with van der Waals surface area (Å²) in [7, 11) is 3.10. The lowest BCUT2D eigenvalue weighted by atomic mass is 10.2. The van der Waals surface area contributed by atoms with Gasteiger partial charge in [0.1, 0.15) is 17.2 Å². The Labute approximate surface area is 157 Å². The predicted molar refractivity (Wildman–Crippen MR) is 99.6 cm³/mol. The zero-order valence-electron chi connectivity index (χ0n) is 15.8. The van der Waals surface area contributed by atoms with Crippen LogP contribution in [0, 0.1) is 13.8 Å². The molecule has 142 valence electrons. The summed E-state index contributed by atoms with van der Waals surface area (Å²) < 4.78 is 17.3. The van der Waals surface area contributed by atoms with Crippen LogP contribution >= 0.6 is 0 Å². The molecule has 0 aliphatic carbocycles. The topological polar surface area (TPSA) is 91.4 Å². The minimum Gasteiger partial charge on any atom is -0.494 e. The van der Waals surface area contributed by atoms with Gasteiger partial charge in [0, 0.05) is 36.4 Å². The quantitative estimate of drug-likeness (QED) is 0.687. The number of methoxy groups -OCH3 is 2. The summed E-state index contributed by atoms with van der Waals surface area (Å²) in [4.78, 5) is 12.2. The van der Waals surface area contributed by atoms with Gasteiger partial charge in [0.15, 0.2) is 0 Å². The van der Waals surface area contributed by atoms with Gasteiger partial charge in [0.05, 0.1) is 19.9 Å². The highest BCUT2D eigenvalue weighted by molar-refractivity contribution is 5.91. The van der Waals surface area contributed by atoms with Gasteiger partial charge in [-0.1, -0.05) is 0 Å². The summed E-state index contributed by atoms with van der Waals surface area (Å²) >= 11 is 0. The molecule has 0 spiro atoms. The van der Waals surface area contributed by atoms with Crippen molar-refractivity contribution >= 4 is 11.6 Å². The van der Waals surface area contributed by atoms with Crippen LogP contribution in [0.25, 0.3) is 5.69 Å². The van der Waals surface area contributed by atoms with E-state index in [4.69, 9.17) is 14.0 Å². The highest BCUT2D eigenvalue weighted by Crippen LogP contribution is 2.27. The molecule has 2 aromatic heterocycles. The van der Waals surface area contributed by atoms with Crippen LogP contribution in [0.5, 0.6) is 11.6 Å². The van der Waals surface area contributed by atoms with E-state index in [-0.39, 0.29) is 12.3 Å². The molecular formula is C19H22N4O4. The van der Waals surface area contributed by atoms with Gasteiger partial charge in [-0.3, -0.25) is 4.79 Å². The van der Waals surface area contributed by atoms with Crippen molar-refractivity contribution in [1.82, 2.24) is 14.9 Å². The van der Waals surface area contributed by atoms with Crippen molar-refractivity contribution in [2.75, 3.05) is 19.5 Å². The summed E-state index contributed by atoms with van der Waals surface area (Å²) in [5, 5.41) is 11.1. The fraction of sp³-hybridized carbons (Fsp3) is 0.316. The molecule has 0 radical (unpaired) electrons. The van der Waals surface area contributed by atoms with Gasteiger partial charge in [-0.25, -0.2) is 4.68 Å². The number of carbonyl (C=O) groups is 1. The molecule has 0 saturated heterocycles. The van der Waals surface area contributed by atoms with Crippen molar-refractivity contribution in [2.45, 2.75) is 26.7 Å². The fourth-order valence-corrected chi connectivity index (χ4v) is 2.77. The van der Waals surface area contributed by atoms with Crippen LogP contribution < -0.4 is 14.8 Å². The number of nitrogens with zero attached hydrogens (tertiary/aromatic N) is 3. The predicted octanol–water partition coefficient (Wildman–Crippen LogP) is 3.07.